The first-order valence-corrected chi connectivity index (χ1v) is 30.8. The van der Waals surface area contributed by atoms with Crippen molar-refractivity contribution in [3.63, 3.8) is 0 Å². The first kappa shape index (κ1) is 46.9. The SMILES string of the molecule is C[Si]C.Cc1cc2c(-c3cccc4ccccc34)ccc(C)c2[cH-]1.[Cl][Zr+2][Cl].c1ccc(C(Cc2cc3c(-c4cccc5ccccc45)cccc3[cH-]2)(c2ccccc2)c2ccccc2)cc1. The van der Waals surface area contributed by atoms with E-state index >= 15 is 0 Å². The number of aryl methyl sites for hydroxylation is 2. The average Bonchev–Trinajstić information content (AvgIpc) is 3.98. The number of rotatable bonds is 7. The van der Waals surface area contributed by atoms with Crippen LogP contribution in [0.15, 0.2) is 231 Å². The normalized spacial score (nSPS) is 10.9. The molecule has 0 nitrogen and oxygen atoms in total. The summed E-state index contributed by atoms with van der Waals surface area (Å²) < 4.78 is 0. The molecule has 0 N–H and O–H groups in total. The van der Waals surface area contributed by atoms with Crippen molar-refractivity contribution in [2.45, 2.75) is 38.8 Å². The van der Waals surface area contributed by atoms with E-state index in [1.54, 1.807) is 0 Å². The van der Waals surface area contributed by atoms with Crippen LogP contribution in [0, 0.1) is 13.8 Å². The standard InChI is InChI=1S/C39H29.C21H17.C2H6Si.2ClH.Zr/c1-4-17-32(18-5-1)39(33-19-6-2-7-20-33,34-21-8-3-9-22-34)28-29-26-31-16-13-25-37(38(31)27-29)36-24-12-15-30-14-10-11-23-35(30)36;1-14-12-20-15(2)10-11-19(21(20)13-14)18-9-5-7-16-6-3-4-8-17(16)18;1-3-2;;;/h1-27H,28H2;3-13H,1-2H3;1-2H3;2*1H;/q2*-1;;;;+4/p-2. The minimum atomic E-state index is -0.826. The Morgan fingerprint density at radius 3 is 1.35 bits per heavy atom. The van der Waals surface area contributed by atoms with E-state index in [0.29, 0.717) is 0 Å². The van der Waals surface area contributed by atoms with Crippen LogP contribution < -0.4 is 0 Å². The van der Waals surface area contributed by atoms with E-state index in [-0.39, 0.29) is 5.41 Å². The maximum atomic E-state index is 4.93. The molecule has 11 aromatic rings. The topological polar surface area (TPSA) is 0 Å². The van der Waals surface area contributed by atoms with Gasteiger partial charge in [-0.3, -0.25) is 0 Å². The zero-order chi connectivity index (χ0) is 45.9. The Labute approximate surface area is 412 Å². The summed E-state index contributed by atoms with van der Waals surface area (Å²) in [6.07, 6.45) is 0.870. The Morgan fingerprint density at radius 2 is 0.848 bits per heavy atom. The average molecular weight is 987 g/mol. The largest absolute Gasteiger partial charge is 0.164 e. The molecule has 11 rings (SSSR count). The zero-order valence-electron chi connectivity index (χ0n) is 37.9. The Morgan fingerprint density at radius 1 is 0.439 bits per heavy atom. The van der Waals surface area contributed by atoms with Gasteiger partial charge in [-0.1, -0.05) is 226 Å². The number of hydrogen-bond donors (Lipinski definition) is 0. The number of benzene rings is 9. The fourth-order valence-corrected chi connectivity index (χ4v) is 9.66. The van der Waals surface area contributed by atoms with Gasteiger partial charge in [0.05, 0.1) is 0 Å². The van der Waals surface area contributed by atoms with E-state index in [9.17, 15) is 0 Å². The summed E-state index contributed by atoms with van der Waals surface area (Å²) in [6, 6.07) is 84.1. The van der Waals surface area contributed by atoms with Gasteiger partial charge in [0, 0.05) is 14.9 Å². The molecule has 4 heteroatoms. The van der Waals surface area contributed by atoms with Gasteiger partial charge in [0.2, 0.25) is 0 Å². The van der Waals surface area contributed by atoms with Crippen molar-refractivity contribution in [2.75, 3.05) is 0 Å². The second kappa shape index (κ2) is 22.3. The van der Waals surface area contributed by atoms with Crippen molar-refractivity contribution in [3.05, 3.63) is 264 Å². The zero-order valence-corrected chi connectivity index (χ0v) is 42.9. The van der Waals surface area contributed by atoms with Crippen molar-refractivity contribution in [1.29, 1.82) is 0 Å². The smallest absolute Gasteiger partial charge is 0.0475 e. The van der Waals surface area contributed by atoms with E-state index in [4.69, 9.17) is 17.0 Å². The van der Waals surface area contributed by atoms with Crippen LogP contribution in [0.25, 0.3) is 65.3 Å². The molecule has 0 atom stereocenters. The summed E-state index contributed by atoms with van der Waals surface area (Å²) in [5.41, 5.74) is 12.9. The van der Waals surface area contributed by atoms with Crippen LogP contribution in [0.5, 0.6) is 0 Å². The van der Waals surface area contributed by atoms with E-state index < -0.39 is 20.8 Å². The minimum absolute atomic E-state index is 0.312. The fraction of sp³-hybridized carbons (Fsp3) is 0.0968. The number of halogens is 2. The molecule has 2 radical (unpaired) electrons. The van der Waals surface area contributed by atoms with Crippen molar-refractivity contribution in [1.82, 2.24) is 0 Å². The van der Waals surface area contributed by atoms with Crippen LogP contribution >= 0.6 is 17.0 Å². The predicted octanol–water partition coefficient (Wildman–Crippen LogP) is 18.1. The van der Waals surface area contributed by atoms with Gasteiger partial charge in [0.15, 0.2) is 0 Å². The molecule has 0 aliphatic heterocycles. The monoisotopic (exact) mass is 984 g/mol. The molecule has 0 amide bonds. The van der Waals surface area contributed by atoms with Crippen molar-refractivity contribution in [2.24, 2.45) is 0 Å². The van der Waals surface area contributed by atoms with Crippen LogP contribution in [0.4, 0.5) is 0 Å². The van der Waals surface area contributed by atoms with E-state index in [1.807, 2.05) is 0 Å². The third kappa shape index (κ3) is 10.0. The van der Waals surface area contributed by atoms with E-state index in [0.717, 1.165) is 15.9 Å². The number of fused-ring (bicyclic) bond motifs is 4. The molecular weight excluding hydrogens is 935 g/mol. The summed E-state index contributed by atoms with van der Waals surface area (Å²) >= 11 is -0.826. The number of hydrogen-bond acceptors (Lipinski definition) is 0. The molecule has 0 fully saturated rings. The maximum absolute atomic E-state index is 4.93. The quantitative estimate of drug-likeness (QED) is 0.0848. The molecule has 0 spiro atoms. The third-order valence-electron chi connectivity index (χ3n) is 12.5. The van der Waals surface area contributed by atoms with Gasteiger partial charge in [-0.2, -0.15) is 12.1 Å². The second-order valence-corrected chi connectivity index (χ2v) is 21.5. The molecule has 0 unspecified atom stereocenters. The van der Waals surface area contributed by atoms with Gasteiger partial charge in [-0.25, -0.2) is 0 Å². The van der Waals surface area contributed by atoms with Gasteiger partial charge >= 0.3 is 37.9 Å². The van der Waals surface area contributed by atoms with Crippen LogP contribution in [-0.4, -0.2) is 9.52 Å². The maximum Gasteiger partial charge on any atom is 0.0475 e. The van der Waals surface area contributed by atoms with Crippen LogP contribution in [0.3, 0.4) is 0 Å². The van der Waals surface area contributed by atoms with Crippen LogP contribution in [0.2, 0.25) is 13.1 Å². The van der Waals surface area contributed by atoms with E-state index in [1.165, 1.54) is 98.7 Å². The summed E-state index contributed by atoms with van der Waals surface area (Å²) in [4.78, 5) is 0. The van der Waals surface area contributed by atoms with Gasteiger partial charge in [-0.05, 0) is 55.8 Å². The fourth-order valence-electron chi connectivity index (χ4n) is 9.66. The summed E-state index contributed by atoms with van der Waals surface area (Å²) in [5, 5.41) is 10.5. The molecule has 0 saturated carbocycles. The van der Waals surface area contributed by atoms with Crippen molar-refractivity contribution in [3.8, 4) is 22.3 Å². The van der Waals surface area contributed by atoms with Gasteiger partial charge < -0.3 is 0 Å². The molecular formula is C62H52Cl2SiZr. The van der Waals surface area contributed by atoms with Crippen LogP contribution in [-0.2, 0) is 32.7 Å². The van der Waals surface area contributed by atoms with Gasteiger partial charge in [0.25, 0.3) is 0 Å². The third-order valence-corrected chi connectivity index (χ3v) is 12.5. The van der Waals surface area contributed by atoms with Gasteiger partial charge in [0.1, 0.15) is 0 Å². The molecule has 0 bridgehead atoms. The molecule has 322 valence electrons. The first-order chi connectivity index (χ1) is 32.4. The molecule has 0 aliphatic rings. The Bertz CT molecular complexity index is 3190. The Kier molecular flexibility index (Phi) is 15.8. The first-order valence-electron chi connectivity index (χ1n) is 22.4. The van der Waals surface area contributed by atoms with Crippen molar-refractivity contribution >= 4 is 69.6 Å². The van der Waals surface area contributed by atoms with Crippen LogP contribution in [0.1, 0.15) is 33.4 Å². The Hall–Kier alpha value is -5.60. The molecule has 0 aromatic heterocycles. The predicted molar refractivity (Wildman–Crippen MR) is 287 cm³/mol. The second-order valence-electron chi connectivity index (χ2n) is 16.8. The van der Waals surface area contributed by atoms with Gasteiger partial charge in [-0.15, -0.1) is 68.6 Å². The molecule has 11 aromatic carbocycles. The minimum Gasteiger partial charge on any atom is -0.164 e. The van der Waals surface area contributed by atoms with Crippen molar-refractivity contribution < 1.29 is 20.8 Å². The molecule has 0 aliphatic carbocycles. The summed E-state index contributed by atoms with van der Waals surface area (Å²) in [5.74, 6) is 0. The molecule has 0 heterocycles. The molecule has 0 saturated heterocycles. The summed E-state index contributed by atoms with van der Waals surface area (Å²) in [7, 11) is 11.0. The Balaban J connectivity index is 0.000000184. The molecule has 66 heavy (non-hydrogen) atoms. The summed E-state index contributed by atoms with van der Waals surface area (Å²) in [6.45, 7) is 8.67. The van der Waals surface area contributed by atoms with E-state index in [2.05, 4.69) is 257 Å².